The lowest BCUT2D eigenvalue weighted by Gasteiger charge is -2.30. The molecule has 1 aliphatic heterocycles. The summed E-state index contributed by atoms with van der Waals surface area (Å²) in [5, 5.41) is 17.1. The number of anilines is 4. The van der Waals surface area contributed by atoms with Gasteiger partial charge in [0.25, 0.3) is 0 Å². The number of ether oxygens (including phenoxy) is 5. The zero-order chi connectivity index (χ0) is 57.0. The van der Waals surface area contributed by atoms with Crippen LogP contribution >= 0.6 is 11.8 Å². The summed E-state index contributed by atoms with van der Waals surface area (Å²) in [6.45, 7) is 10.4. The summed E-state index contributed by atoms with van der Waals surface area (Å²) in [6, 6.07) is 27.2. The Labute approximate surface area is 475 Å². The van der Waals surface area contributed by atoms with Gasteiger partial charge in [-0.25, -0.2) is 9.78 Å². The number of nitrogens with zero attached hydrogens (tertiary/aromatic N) is 7. The van der Waals surface area contributed by atoms with Crippen molar-refractivity contribution in [2.45, 2.75) is 82.3 Å². The number of hydrogen-bond acceptors (Lipinski definition) is 16. The summed E-state index contributed by atoms with van der Waals surface area (Å²) in [5.74, 6) is 8.33. The molecule has 1 fully saturated rings. The van der Waals surface area contributed by atoms with Crippen molar-refractivity contribution in [2.24, 2.45) is 0 Å². The SMILES string of the molecule is CCC(COC(=O)NCCOCCOCCOCCSc1ccc(NCC#Cc2cc3c(NC4CCN(C)CC4)cccc3n2CC(F)(F)F)c(OC)c1)Nc1nc(NCc2ccc(-c3ccccn3)cc2)c2ncn(C(C)C)c2n1. The average molecular weight is 1140 g/mol. The normalized spacial score (nSPS) is 13.5. The van der Waals surface area contributed by atoms with Crippen LogP contribution in [0, 0.1) is 11.8 Å². The van der Waals surface area contributed by atoms with Crippen LogP contribution in [0.1, 0.15) is 57.3 Å². The lowest BCUT2D eigenvalue weighted by molar-refractivity contribution is -0.140. The number of rotatable bonds is 29. The maximum Gasteiger partial charge on any atom is 0.407 e. The van der Waals surface area contributed by atoms with E-state index in [0.29, 0.717) is 91.6 Å². The van der Waals surface area contributed by atoms with Crippen molar-refractivity contribution in [1.29, 1.82) is 0 Å². The third-order valence-corrected chi connectivity index (χ3v) is 14.4. The Hall–Kier alpha value is -7.29. The molecule has 1 amide bonds. The highest BCUT2D eigenvalue weighted by molar-refractivity contribution is 7.99. The predicted molar refractivity (Wildman–Crippen MR) is 313 cm³/mol. The van der Waals surface area contributed by atoms with Crippen LogP contribution in [0.25, 0.3) is 33.3 Å². The fraction of sp³-hybridized carbons (Fsp3) is 0.441. The number of amides is 1. The van der Waals surface area contributed by atoms with Crippen molar-refractivity contribution in [2.75, 3.05) is 114 Å². The van der Waals surface area contributed by atoms with Gasteiger partial charge in [-0.05, 0) is 113 Å². The number of carbonyl (C=O) groups is 1. The molecule has 22 heteroatoms. The molecule has 5 heterocycles. The largest absolute Gasteiger partial charge is 0.495 e. The van der Waals surface area contributed by atoms with E-state index in [1.165, 1.54) is 4.57 Å². The zero-order valence-corrected chi connectivity index (χ0v) is 47.4. The first-order valence-corrected chi connectivity index (χ1v) is 28.4. The fourth-order valence-electron chi connectivity index (χ4n) is 9.07. The molecular weight excluding hydrogens is 1060 g/mol. The highest BCUT2D eigenvalue weighted by atomic mass is 32.2. The quantitative estimate of drug-likeness (QED) is 0.0169. The standard InChI is InChI=1S/C59H73F3N12O6S/c1-6-44(69-57-70-55(54-56(71-57)74(40-67-54)41(2)3)66-37-42-15-17-43(18-16-42)49-12-7-8-23-63-49)38-80-58(75)65-25-28-77-29-30-78-31-32-79-33-34-81-47-19-20-51(53(36-47)76-5)64-24-10-11-46-35-48-50(68-45-21-26-72(4)27-22-45)13-9-14-52(48)73(46)39-59(60,61)62/h7-9,12-20,23,35-36,40-41,44-45,64,68H,6,21-22,24-34,37-39H2,1-5H3,(H,65,75)(H2,66,69,70,71). The molecule has 0 saturated carbocycles. The van der Waals surface area contributed by atoms with E-state index in [1.54, 1.807) is 49.6 Å². The van der Waals surface area contributed by atoms with Gasteiger partial charge in [-0.2, -0.15) is 23.1 Å². The van der Waals surface area contributed by atoms with Gasteiger partial charge in [0.1, 0.15) is 18.9 Å². The Bertz CT molecular complexity index is 3160. The number of benzene rings is 3. The molecule has 432 valence electrons. The van der Waals surface area contributed by atoms with E-state index in [0.717, 1.165) is 64.4 Å². The smallest absolute Gasteiger partial charge is 0.407 e. The molecule has 5 N–H and O–H groups in total. The van der Waals surface area contributed by atoms with Gasteiger partial charge in [-0.1, -0.05) is 49.2 Å². The van der Waals surface area contributed by atoms with Crippen molar-refractivity contribution in [3.63, 3.8) is 0 Å². The van der Waals surface area contributed by atoms with Gasteiger partial charge in [-0.15, -0.1) is 11.8 Å². The van der Waals surface area contributed by atoms with Crippen LogP contribution in [-0.4, -0.2) is 151 Å². The van der Waals surface area contributed by atoms with Crippen LogP contribution in [0.4, 0.5) is 41.1 Å². The van der Waals surface area contributed by atoms with Crippen LogP contribution in [0.5, 0.6) is 5.75 Å². The van der Waals surface area contributed by atoms with Gasteiger partial charge in [-0.3, -0.25) is 4.98 Å². The number of carbonyl (C=O) groups excluding carboxylic acids is 1. The monoisotopic (exact) mass is 1130 g/mol. The highest BCUT2D eigenvalue weighted by Crippen LogP contribution is 2.33. The number of alkyl carbamates (subject to hydrolysis) is 1. The van der Waals surface area contributed by atoms with Crippen molar-refractivity contribution in [1.82, 2.24) is 39.3 Å². The number of imidazole rings is 1. The Kier molecular flexibility index (Phi) is 22.1. The first-order valence-electron chi connectivity index (χ1n) is 27.4. The minimum absolute atomic E-state index is 0.0999. The van der Waals surface area contributed by atoms with Crippen LogP contribution in [0.2, 0.25) is 0 Å². The first-order chi connectivity index (χ1) is 39.3. The zero-order valence-electron chi connectivity index (χ0n) is 46.6. The molecule has 18 nitrogen and oxygen atoms in total. The minimum atomic E-state index is -4.41. The van der Waals surface area contributed by atoms with Crippen molar-refractivity contribution < 1.29 is 41.7 Å². The fourth-order valence-corrected chi connectivity index (χ4v) is 9.86. The number of nitrogens with one attached hydrogen (secondary N) is 5. The third-order valence-electron chi connectivity index (χ3n) is 13.5. The molecule has 1 unspecified atom stereocenters. The third kappa shape index (κ3) is 17.9. The molecule has 81 heavy (non-hydrogen) atoms. The molecule has 1 aliphatic rings. The minimum Gasteiger partial charge on any atom is -0.495 e. The Morgan fingerprint density at radius 3 is 2.38 bits per heavy atom. The number of halogens is 3. The predicted octanol–water partition coefficient (Wildman–Crippen LogP) is 10.3. The van der Waals surface area contributed by atoms with Gasteiger partial charge in [0.2, 0.25) is 5.95 Å². The van der Waals surface area contributed by atoms with Gasteiger partial charge in [0.05, 0.1) is 88.3 Å². The van der Waals surface area contributed by atoms with E-state index in [9.17, 15) is 18.0 Å². The van der Waals surface area contributed by atoms with Crippen LogP contribution in [0.3, 0.4) is 0 Å². The molecule has 7 aromatic rings. The maximum atomic E-state index is 13.8. The molecule has 1 saturated heterocycles. The Morgan fingerprint density at radius 2 is 1.65 bits per heavy atom. The number of methoxy groups -OCH3 is 1. The van der Waals surface area contributed by atoms with Gasteiger partial charge >= 0.3 is 12.3 Å². The van der Waals surface area contributed by atoms with Crippen LogP contribution < -0.4 is 31.3 Å². The number of hydrogen-bond donors (Lipinski definition) is 5. The summed E-state index contributed by atoms with van der Waals surface area (Å²) in [6.07, 6.45) is 1.17. The molecule has 8 rings (SSSR count). The maximum absolute atomic E-state index is 13.8. The second-order valence-electron chi connectivity index (χ2n) is 19.7. The Balaban J connectivity index is 0.680. The number of aromatic nitrogens is 6. The number of fused-ring (bicyclic) bond motifs is 2. The molecule has 0 aliphatic carbocycles. The number of likely N-dealkylation sites (tertiary alicyclic amines) is 1. The van der Waals surface area contributed by atoms with Crippen molar-refractivity contribution in [3.8, 4) is 28.8 Å². The van der Waals surface area contributed by atoms with E-state index in [-0.39, 0.29) is 44.4 Å². The number of piperidine rings is 1. The Morgan fingerprint density at radius 1 is 0.877 bits per heavy atom. The first kappa shape index (κ1) is 59.8. The number of alkyl halides is 3. The van der Waals surface area contributed by atoms with E-state index in [1.807, 2.05) is 54.0 Å². The molecule has 3 aromatic carbocycles. The number of thioether (sulfide) groups is 1. The van der Waals surface area contributed by atoms with Crippen molar-refractivity contribution in [3.05, 3.63) is 109 Å². The molecule has 0 bridgehead atoms. The van der Waals surface area contributed by atoms with E-state index in [4.69, 9.17) is 33.7 Å². The molecule has 1 atom stereocenters. The van der Waals surface area contributed by atoms with Gasteiger partial charge in [0.15, 0.2) is 17.0 Å². The summed E-state index contributed by atoms with van der Waals surface area (Å²) in [5.41, 5.74) is 6.71. The molecular formula is C59H73F3N12O6S. The second kappa shape index (κ2) is 30.0. The highest BCUT2D eigenvalue weighted by Gasteiger charge is 2.30. The summed E-state index contributed by atoms with van der Waals surface area (Å²) in [7, 11) is 3.68. The van der Waals surface area contributed by atoms with E-state index < -0.39 is 18.8 Å². The van der Waals surface area contributed by atoms with Crippen LogP contribution in [0.15, 0.2) is 102 Å². The number of pyridine rings is 1. The second-order valence-corrected chi connectivity index (χ2v) is 20.9. The summed E-state index contributed by atoms with van der Waals surface area (Å²) in [4.78, 5) is 34.5. The lowest BCUT2D eigenvalue weighted by atomic mass is 10.0. The average Bonchev–Trinajstić information content (AvgIpc) is 4.13. The molecule has 0 spiro atoms. The van der Waals surface area contributed by atoms with Gasteiger partial charge in [0, 0.05) is 58.7 Å². The molecule has 4 aromatic heterocycles. The summed E-state index contributed by atoms with van der Waals surface area (Å²) < 4.78 is 72.9. The topological polar surface area (TPSA) is 188 Å². The molecule has 0 radical (unpaired) electrons. The van der Waals surface area contributed by atoms with Crippen molar-refractivity contribution >= 4 is 63.1 Å². The summed E-state index contributed by atoms with van der Waals surface area (Å²) >= 11 is 1.62. The van der Waals surface area contributed by atoms with Gasteiger partial charge < -0.3 is 64.3 Å². The van der Waals surface area contributed by atoms with Crippen LogP contribution in [-0.2, 0) is 32.0 Å². The van der Waals surface area contributed by atoms with E-state index in [2.05, 4.69) is 98.5 Å². The van der Waals surface area contributed by atoms with E-state index >= 15 is 0 Å². The lowest BCUT2D eigenvalue weighted by Crippen LogP contribution is -2.36.